The van der Waals surface area contributed by atoms with Gasteiger partial charge >= 0.3 is 0 Å². The molecule has 0 atom stereocenters. The Hall–Kier alpha value is -2.82. The summed E-state index contributed by atoms with van der Waals surface area (Å²) in [5, 5.41) is 8.75. The van der Waals surface area contributed by atoms with Crippen molar-refractivity contribution in [1.29, 1.82) is 0 Å². The molecule has 0 spiro atoms. The summed E-state index contributed by atoms with van der Waals surface area (Å²) in [6.45, 7) is 4.41. The second-order valence-corrected chi connectivity index (χ2v) is 5.84. The van der Waals surface area contributed by atoms with Crippen LogP contribution in [0.2, 0.25) is 0 Å². The zero-order valence-corrected chi connectivity index (χ0v) is 14.0. The minimum Gasteiger partial charge on any atom is -0.376 e. The topological polar surface area (TPSA) is 70.2 Å². The molecular weight excluding hydrogens is 302 g/mol. The number of carbonyl (C=O) groups is 2. The predicted molar refractivity (Wildman–Crippen MR) is 96.7 cm³/mol. The summed E-state index contributed by atoms with van der Waals surface area (Å²) < 4.78 is 0. The number of anilines is 2. The highest BCUT2D eigenvalue weighted by Crippen LogP contribution is 2.14. The van der Waals surface area contributed by atoms with E-state index in [2.05, 4.69) is 16.0 Å². The molecule has 0 aliphatic rings. The summed E-state index contributed by atoms with van der Waals surface area (Å²) >= 11 is 0. The van der Waals surface area contributed by atoms with Crippen LogP contribution in [0.25, 0.3) is 0 Å². The largest absolute Gasteiger partial charge is 0.376 e. The van der Waals surface area contributed by atoms with Crippen LogP contribution in [-0.4, -0.2) is 18.4 Å². The highest BCUT2D eigenvalue weighted by atomic mass is 16.2. The Bertz CT molecular complexity index is 667. The molecule has 2 aromatic carbocycles. The van der Waals surface area contributed by atoms with Gasteiger partial charge in [0.05, 0.1) is 6.54 Å². The van der Waals surface area contributed by atoms with Crippen LogP contribution in [0.5, 0.6) is 0 Å². The number of hydrogen-bond acceptors (Lipinski definition) is 3. The summed E-state index contributed by atoms with van der Waals surface area (Å²) in [6.07, 6.45) is 0. The number of nitrogens with one attached hydrogen (secondary N) is 3. The molecule has 2 rings (SSSR count). The summed E-state index contributed by atoms with van der Waals surface area (Å²) in [5.74, 6) is -0.150. The molecule has 0 unspecified atom stereocenters. The first kappa shape index (κ1) is 17.5. The summed E-state index contributed by atoms with van der Waals surface area (Å²) in [4.78, 5) is 23.5. The lowest BCUT2D eigenvalue weighted by molar-refractivity contribution is -0.120. The summed E-state index contributed by atoms with van der Waals surface area (Å²) in [6, 6.07) is 17.1. The van der Waals surface area contributed by atoms with Gasteiger partial charge < -0.3 is 16.0 Å². The molecule has 0 saturated heterocycles. The number of carbonyl (C=O) groups excluding carboxylic acids is 2. The molecule has 0 heterocycles. The van der Waals surface area contributed by atoms with Gasteiger partial charge in [0.25, 0.3) is 0 Å². The van der Waals surface area contributed by atoms with E-state index in [4.69, 9.17) is 0 Å². The first-order valence-corrected chi connectivity index (χ1v) is 8.00. The lowest BCUT2D eigenvalue weighted by Gasteiger charge is -2.10. The van der Waals surface area contributed by atoms with Crippen LogP contribution in [0, 0.1) is 5.92 Å². The highest BCUT2D eigenvalue weighted by molar-refractivity contribution is 5.92. The molecule has 0 fully saturated rings. The van der Waals surface area contributed by atoms with E-state index in [1.165, 1.54) is 0 Å². The van der Waals surface area contributed by atoms with Crippen molar-refractivity contribution in [2.75, 3.05) is 17.2 Å². The molecule has 0 aromatic heterocycles. The van der Waals surface area contributed by atoms with E-state index < -0.39 is 0 Å². The molecular formula is C19H23N3O2. The molecule has 126 valence electrons. The van der Waals surface area contributed by atoms with Crippen LogP contribution in [0.1, 0.15) is 19.4 Å². The summed E-state index contributed by atoms with van der Waals surface area (Å²) in [7, 11) is 0. The molecule has 3 N–H and O–H groups in total. The van der Waals surface area contributed by atoms with Crippen molar-refractivity contribution in [3.05, 3.63) is 60.2 Å². The molecule has 2 aromatic rings. The highest BCUT2D eigenvalue weighted by Gasteiger charge is 2.07. The average molecular weight is 325 g/mol. The van der Waals surface area contributed by atoms with Crippen molar-refractivity contribution in [1.82, 2.24) is 5.32 Å². The second-order valence-electron chi connectivity index (χ2n) is 5.84. The van der Waals surface area contributed by atoms with Crippen molar-refractivity contribution in [2.45, 2.75) is 20.4 Å². The zero-order chi connectivity index (χ0) is 17.4. The van der Waals surface area contributed by atoms with Gasteiger partial charge in [0.1, 0.15) is 0 Å². The van der Waals surface area contributed by atoms with E-state index in [-0.39, 0.29) is 24.3 Å². The zero-order valence-electron chi connectivity index (χ0n) is 14.0. The fourth-order valence-corrected chi connectivity index (χ4v) is 2.00. The van der Waals surface area contributed by atoms with Crippen molar-refractivity contribution in [2.24, 2.45) is 5.92 Å². The van der Waals surface area contributed by atoms with Gasteiger partial charge in [-0.05, 0) is 29.8 Å². The van der Waals surface area contributed by atoms with Crippen molar-refractivity contribution < 1.29 is 9.59 Å². The molecule has 0 saturated carbocycles. The van der Waals surface area contributed by atoms with Gasteiger partial charge in [-0.2, -0.15) is 0 Å². The molecule has 5 heteroatoms. The van der Waals surface area contributed by atoms with Gasteiger partial charge in [0.2, 0.25) is 11.8 Å². The standard InChI is InChI=1S/C19H23N3O2/c1-14(2)19(24)22-17-10-8-16(9-11-17)20-13-18(23)21-12-15-6-4-3-5-7-15/h3-11,14,20H,12-13H2,1-2H3,(H,21,23)(H,22,24). The molecule has 2 amide bonds. The first-order valence-electron chi connectivity index (χ1n) is 8.00. The smallest absolute Gasteiger partial charge is 0.239 e. The number of benzene rings is 2. The minimum atomic E-state index is -0.0731. The molecule has 0 bridgehead atoms. The molecule has 0 radical (unpaired) electrons. The van der Waals surface area contributed by atoms with Gasteiger partial charge in [0, 0.05) is 23.8 Å². The summed E-state index contributed by atoms with van der Waals surface area (Å²) in [5.41, 5.74) is 2.64. The number of hydrogen-bond donors (Lipinski definition) is 3. The quantitative estimate of drug-likeness (QED) is 0.733. The Morgan fingerprint density at radius 2 is 1.54 bits per heavy atom. The van der Waals surface area contributed by atoms with Gasteiger partial charge in [-0.25, -0.2) is 0 Å². The Labute approximate surface area is 142 Å². The number of amides is 2. The van der Waals surface area contributed by atoms with E-state index in [9.17, 15) is 9.59 Å². The Kier molecular flexibility index (Phi) is 6.37. The third kappa shape index (κ3) is 5.76. The second kappa shape index (κ2) is 8.72. The van der Waals surface area contributed by atoms with Gasteiger partial charge in [-0.3, -0.25) is 9.59 Å². The fraction of sp³-hybridized carbons (Fsp3) is 0.263. The SMILES string of the molecule is CC(C)C(=O)Nc1ccc(NCC(=O)NCc2ccccc2)cc1. The lowest BCUT2D eigenvalue weighted by atomic mass is 10.2. The Morgan fingerprint density at radius 3 is 2.17 bits per heavy atom. The molecule has 0 aliphatic carbocycles. The fourth-order valence-electron chi connectivity index (χ4n) is 2.00. The van der Waals surface area contributed by atoms with Crippen molar-refractivity contribution >= 4 is 23.2 Å². The van der Waals surface area contributed by atoms with Crippen LogP contribution in [-0.2, 0) is 16.1 Å². The average Bonchev–Trinajstić information content (AvgIpc) is 2.60. The van der Waals surface area contributed by atoms with E-state index in [0.29, 0.717) is 6.54 Å². The minimum absolute atomic E-state index is 0.0176. The van der Waals surface area contributed by atoms with Crippen LogP contribution >= 0.6 is 0 Å². The number of rotatable bonds is 7. The van der Waals surface area contributed by atoms with E-state index in [1.54, 1.807) is 0 Å². The van der Waals surface area contributed by atoms with Crippen LogP contribution in [0.3, 0.4) is 0 Å². The predicted octanol–water partition coefficient (Wildman–Crippen LogP) is 3.01. The first-order chi connectivity index (χ1) is 11.5. The Morgan fingerprint density at radius 1 is 0.917 bits per heavy atom. The normalized spacial score (nSPS) is 10.3. The van der Waals surface area contributed by atoms with E-state index in [1.807, 2.05) is 68.4 Å². The maximum absolute atomic E-state index is 11.8. The Balaban J connectivity index is 1.75. The van der Waals surface area contributed by atoms with Crippen LogP contribution in [0.15, 0.2) is 54.6 Å². The third-order valence-corrected chi connectivity index (χ3v) is 3.46. The van der Waals surface area contributed by atoms with Crippen molar-refractivity contribution in [3.8, 4) is 0 Å². The molecule has 0 aliphatic heterocycles. The van der Waals surface area contributed by atoms with Crippen molar-refractivity contribution in [3.63, 3.8) is 0 Å². The van der Waals surface area contributed by atoms with Crippen LogP contribution < -0.4 is 16.0 Å². The molecule has 24 heavy (non-hydrogen) atoms. The van der Waals surface area contributed by atoms with Crippen LogP contribution in [0.4, 0.5) is 11.4 Å². The molecule has 5 nitrogen and oxygen atoms in total. The van der Waals surface area contributed by atoms with Gasteiger partial charge in [-0.15, -0.1) is 0 Å². The van der Waals surface area contributed by atoms with Gasteiger partial charge in [-0.1, -0.05) is 44.2 Å². The maximum Gasteiger partial charge on any atom is 0.239 e. The lowest BCUT2D eigenvalue weighted by Crippen LogP contribution is -2.29. The third-order valence-electron chi connectivity index (χ3n) is 3.46. The maximum atomic E-state index is 11.8. The van der Waals surface area contributed by atoms with E-state index >= 15 is 0 Å². The van der Waals surface area contributed by atoms with E-state index in [0.717, 1.165) is 16.9 Å². The van der Waals surface area contributed by atoms with Gasteiger partial charge in [0.15, 0.2) is 0 Å². The monoisotopic (exact) mass is 325 g/mol.